The first-order chi connectivity index (χ1) is 9.47. The molecule has 1 amide bonds. The van der Waals surface area contributed by atoms with Crippen LogP contribution in [0.15, 0.2) is 17.1 Å². The second-order valence-electron chi connectivity index (χ2n) is 4.93. The van der Waals surface area contributed by atoms with Crippen LogP contribution in [0.25, 0.3) is 0 Å². The Kier molecular flexibility index (Phi) is 4.51. The van der Waals surface area contributed by atoms with Crippen LogP contribution in [0.2, 0.25) is 0 Å². The number of amides is 1. The molecule has 0 saturated carbocycles. The number of nitrogens with one attached hydrogen (secondary N) is 1. The van der Waals surface area contributed by atoms with Crippen molar-refractivity contribution in [1.82, 2.24) is 14.8 Å². The van der Waals surface area contributed by atoms with Gasteiger partial charge < -0.3 is 15.6 Å². The van der Waals surface area contributed by atoms with Crippen molar-refractivity contribution in [2.24, 2.45) is 5.73 Å². The number of hydrogen-bond acceptors (Lipinski definition) is 4. The Bertz CT molecular complexity index is 576. The number of rotatable bonds is 3. The lowest BCUT2D eigenvalue weighted by Gasteiger charge is -2.34. The lowest BCUT2D eigenvalue weighted by molar-refractivity contribution is 0.0653. The van der Waals surface area contributed by atoms with E-state index in [-0.39, 0.29) is 16.9 Å². The Morgan fingerprint density at radius 1 is 1.40 bits per heavy atom. The molecule has 1 fully saturated rings. The minimum atomic E-state index is -0.239. The second-order valence-corrected chi connectivity index (χ2v) is 5.45. The molecule has 1 aliphatic rings. The quantitative estimate of drug-likeness (QED) is 0.750. The molecular formula is C13H18N4O2S. The molecule has 0 unspecified atom stereocenters. The lowest BCUT2D eigenvalue weighted by atomic mass is 10.2. The molecule has 1 aliphatic heterocycles. The highest BCUT2D eigenvalue weighted by Crippen LogP contribution is 2.06. The molecule has 0 bridgehead atoms. The van der Waals surface area contributed by atoms with Gasteiger partial charge in [0.2, 0.25) is 0 Å². The summed E-state index contributed by atoms with van der Waals surface area (Å²) >= 11 is 4.87. The van der Waals surface area contributed by atoms with Crippen LogP contribution in [0.3, 0.4) is 0 Å². The van der Waals surface area contributed by atoms with E-state index in [1.54, 1.807) is 11.8 Å². The fraction of sp³-hybridized carbons (Fsp3) is 0.462. The largest absolute Gasteiger partial charge is 0.392 e. The summed E-state index contributed by atoms with van der Waals surface area (Å²) in [5.41, 5.74) is 6.20. The number of piperazine rings is 1. The summed E-state index contributed by atoms with van der Waals surface area (Å²) in [6.07, 6.45) is 1.49. The van der Waals surface area contributed by atoms with Crippen LogP contribution < -0.4 is 11.2 Å². The van der Waals surface area contributed by atoms with Crippen molar-refractivity contribution in [2.75, 3.05) is 32.7 Å². The number of carbonyl (C=O) groups is 1. The number of nitrogens with two attached hydrogens (primary N) is 1. The molecule has 2 rings (SSSR count). The van der Waals surface area contributed by atoms with Crippen molar-refractivity contribution >= 4 is 23.1 Å². The Labute approximate surface area is 122 Å². The molecular weight excluding hydrogens is 276 g/mol. The van der Waals surface area contributed by atoms with E-state index in [1.807, 2.05) is 0 Å². The average molecular weight is 294 g/mol. The van der Waals surface area contributed by atoms with Crippen molar-refractivity contribution in [2.45, 2.75) is 6.92 Å². The van der Waals surface area contributed by atoms with E-state index in [1.165, 1.54) is 12.3 Å². The summed E-state index contributed by atoms with van der Waals surface area (Å²) in [6.45, 7) is 4.94. The van der Waals surface area contributed by atoms with Crippen LogP contribution in [0, 0.1) is 6.92 Å². The monoisotopic (exact) mass is 294 g/mol. The Balaban J connectivity index is 2.01. The number of aromatic amines is 1. The number of hydrogen-bond donors (Lipinski definition) is 2. The van der Waals surface area contributed by atoms with Gasteiger partial charge in [0.1, 0.15) is 5.56 Å². The third-order valence-corrected chi connectivity index (χ3v) is 3.46. The number of aryl methyl sites for hydroxylation is 1. The second kappa shape index (κ2) is 6.15. The summed E-state index contributed by atoms with van der Waals surface area (Å²) in [4.78, 5) is 31.3. The van der Waals surface area contributed by atoms with E-state index >= 15 is 0 Å². The van der Waals surface area contributed by atoms with Gasteiger partial charge in [-0.15, -0.1) is 0 Å². The van der Waals surface area contributed by atoms with Crippen LogP contribution in [0.4, 0.5) is 0 Å². The molecule has 7 heteroatoms. The maximum Gasteiger partial charge on any atom is 0.259 e. The van der Waals surface area contributed by atoms with E-state index in [4.69, 9.17) is 18.0 Å². The van der Waals surface area contributed by atoms with Gasteiger partial charge >= 0.3 is 0 Å². The average Bonchev–Trinajstić information content (AvgIpc) is 2.38. The van der Waals surface area contributed by atoms with E-state index in [2.05, 4.69) is 9.88 Å². The van der Waals surface area contributed by atoms with E-state index < -0.39 is 0 Å². The van der Waals surface area contributed by atoms with Gasteiger partial charge in [-0.25, -0.2) is 0 Å². The Hall–Kier alpha value is -1.73. The maximum absolute atomic E-state index is 12.3. The Morgan fingerprint density at radius 2 is 2.05 bits per heavy atom. The number of thiocarbonyl (C=S) groups is 1. The SMILES string of the molecule is Cc1cc(=O)c(C(=O)N2CCN(CC(N)=S)CC2)c[nH]1. The summed E-state index contributed by atoms with van der Waals surface area (Å²) in [7, 11) is 0. The van der Waals surface area contributed by atoms with Crippen molar-refractivity contribution in [3.8, 4) is 0 Å². The summed E-state index contributed by atoms with van der Waals surface area (Å²) in [6, 6.07) is 1.44. The van der Waals surface area contributed by atoms with E-state index in [9.17, 15) is 9.59 Å². The first-order valence-corrected chi connectivity index (χ1v) is 6.87. The summed E-state index contributed by atoms with van der Waals surface area (Å²) < 4.78 is 0. The highest BCUT2D eigenvalue weighted by atomic mass is 32.1. The van der Waals surface area contributed by atoms with Crippen molar-refractivity contribution < 1.29 is 4.79 Å². The van der Waals surface area contributed by atoms with Crippen molar-refractivity contribution in [1.29, 1.82) is 0 Å². The fourth-order valence-corrected chi connectivity index (χ4v) is 2.42. The molecule has 108 valence electrons. The molecule has 2 heterocycles. The zero-order valence-electron chi connectivity index (χ0n) is 11.4. The lowest BCUT2D eigenvalue weighted by Crippen LogP contribution is -2.51. The third kappa shape index (κ3) is 3.43. The minimum Gasteiger partial charge on any atom is -0.392 e. The minimum absolute atomic E-state index is 0.193. The normalized spacial score (nSPS) is 16.1. The van der Waals surface area contributed by atoms with Crippen LogP contribution >= 0.6 is 12.2 Å². The molecule has 6 nitrogen and oxygen atoms in total. The van der Waals surface area contributed by atoms with Gasteiger partial charge in [0.15, 0.2) is 5.43 Å². The van der Waals surface area contributed by atoms with Crippen molar-refractivity contribution in [3.63, 3.8) is 0 Å². The van der Waals surface area contributed by atoms with Crippen molar-refractivity contribution in [3.05, 3.63) is 33.7 Å². The molecule has 20 heavy (non-hydrogen) atoms. The van der Waals surface area contributed by atoms with E-state index in [0.717, 1.165) is 5.69 Å². The predicted octanol–water partition coefficient (Wildman–Crippen LogP) is -0.273. The van der Waals surface area contributed by atoms with E-state index in [0.29, 0.717) is 37.7 Å². The number of pyridine rings is 1. The van der Waals surface area contributed by atoms with Gasteiger partial charge in [-0.05, 0) is 6.92 Å². The van der Waals surface area contributed by atoms with Gasteiger partial charge in [-0.1, -0.05) is 12.2 Å². The highest BCUT2D eigenvalue weighted by Gasteiger charge is 2.23. The smallest absolute Gasteiger partial charge is 0.259 e. The summed E-state index contributed by atoms with van der Waals surface area (Å²) in [5.74, 6) is -0.221. The maximum atomic E-state index is 12.3. The molecule has 1 saturated heterocycles. The molecule has 1 aromatic heterocycles. The number of aromatic nitrogens is 1. The predicted molar refractivity (Wildman–Crippen MR) is 80.9 cm³/mol. The molecule has 0 spiro atoms. The zero-order valence-corrected chi connectivity index (χ0v) is 12.2. The van der Waals surface area contributed by atoms with Gasteiger partial charge in [0.05, 0.1) is 4.99 Å². The first-order valence-electron chi connectivity index (χ1n) is 6.46. The fourth-order valence-electron chi connectivity index (χ4n) is 2.24. The molecule has 3 N–H and O–H groups in total. The molecule has 0 aromatic carbocycles. The molecule has 0 atom stereocenters. The zero-order chi connectivity index (χ0) is 14.7. The first kappa shape index (κ1) is 14.7. The number of nitrogens with zero attached hydrogens (tertiary/aromatic N) is 2. The van der Waals surface area contributed by atoms with Gasteiger partial charge in [-0.2, -0.15) is 0 Å². The number of H-pyrrole nitrogens is 1. The number of carbonyl (C=O) groups excluding carboxylic acids is 1. The summed E-state index contributed by atoms with van der Waals surface area (Å²) in [5, 5.41) is 0. The topological polar surface area (TPSA) is 82.4 Å². The molecule has 1 aromatic rings. The van der Waals surface area contributed by atoms with Gasteiger partial charge in [0, 0.05) is 50.7 Å². The van der Waals surface area contributed by atoms with Crippen LogP contribution in [-0.4, -0.2) is 58.4 Å². The van der Waals surface area contributed by atoms with Crippen LogP contribution in [0.1, 0.15) is 16.1 Å². The van der Waals surface area contributed by atoms with Gasteiger partial charge in [-0.3, -0.25) is 14.5 Å². The van der Waals surface area contributed by atoms with Gasteiger partial charge in [0.25, 0.3) is 5.91 Å². The van der Waals surface area contributed by atoms with Crippen LogP contribution in [-0.2, 0) is 0 Å². The van der Waals surface area contributed by atoms with Crippen LogP contribution in [0.5, 0.6) is 0 Å². The third-order valence-electron chi connectivity index (χ3n) is 3.33. The highest BCUT2D eigenvalue weighted by molar-refractivity contribution is 7.80. The molecule has 0 radical (unpaired) electrons. The molecule has 0 aliphatic carbocycles. The standard InChI is InChI=1S/C13H18N4O2S/c1-9-6-11(18)10(7-15-9)13(19)17-4-2-16(3-5-17)8-12(14)20/h6-7H,2-5,8H2,1H3,(H2,14,20)(H,15,18). The Morgan fingerprint density at radius 3 is 2.60 bits per heavy atom.